The molecule has 12 heteroatoms. The van der Waals surface area contributed by atoms with Gasteiger partial charge >= 0.3 is 6.18 Å². The number of carbonyl (C=O) groups excluding carboxylic acids is 1. The van der Waals surface area contributed by atoms with Gasteiger partial charge in [0.15, 0.2) is 5.71 Å². The summed E-state index contributed by atoms with van der Waals surface area (Å²) in [6, 6.07) is 5.80. The van der Waals surface area contributed by atoms with E-state index in [0.29, 0.717) is 49.9 Å². The highest BCUT2D eigenvalue weighted by molar-refractivity contribution is 6.44. The molecule has 2 N–H and O–H groups in total. The van der Waals surface area contributed by atoms with Crippen LogP contribution in [0.3, 0.4) is 0 Å². The zero-order chi connectivity index (χ0) is 26.5. The van der Waals surface area contributed by atoms with Gasteiger partial charge < -0.3 is 19.7 Å². The van der Waals surface area contributed by atoms with E-state index in [-0.39, 0.29) is 23.6 Å². The number of amides is 1. The molecule has 0 saturated carbocycles. The van der Waals surface area contributed by atoms with Gasteiger partial charge in [0.05, 0.1) is 36.9 Å². The highest BCUT2D eigenvalue weighted by Crippen LogP contribution is 2.40. The van der Waals surface area contributed by atoms with Crippen LogP contribution >= 0.6 is 23.2 Å². The van der Waals surface area contributed by atoms with E-state index < -0.39 is 16.9 Å². The van der Waals surface area contributed by atoms with Gasteiger partial charge in [0.2, 0.25) is 5.91 Å². The molecular formula is C24H31Cl2F3N4O3. The smallest absolute Gasteiger partial charge is 0.434 e. The van der Waals surface area contributed by atoms with Crippen LogP contribution in [0.15, 0.2) is 28.9 Å². The average molecular weight is 551 g/mol. The Morgan fingerprint density at radius 2 is 1.86 bits per heavy atom. The Labute approximate surface area is 219 Å². The molecule has 0 spiro atoms. The molecule has 1 amide bonds. The van der Waals surface area contributed by atoms with Crippen LogP contribution in [-0.2, 0) is 14.9 Å². The Hall–Kier alpha value is -2.01. The molecule has 0 atom stereocenters. The maximum Gasteiger partial charge on any atom is 0.434 e. The number of likely N-dealkylation sites (tertiary alicyclic amines) is 1. The molecule has 0 radical (unpaired) electrons. The lowest BCUT2D eigenvalue weighted by molar-refractivity contribution is -0.131. The molecule has 200 valence electrons. The summed E-state index contributed by atoms with van der Waals surface area (Å²) >= 11 is 11.9. The summed E-state index contributed by atoms with van der Waals surface area (Å²) in [7, 11) is 1.58. The highest BCUT2D eigenvalue weighted by Gasteiger charge is 2.40. The molecule has 2 saturated heterocycles. The average Bonchev–Trinajstić information content (AvgIpc) is 2.86. The van der Waals surface area contributed by atoms with Gasteiger partial charge in [0.25, 0.3) is 0 Å². The first kappa shape index (κ1) is 28.6. The number of carbonyl (C=O) groups is 1. The second-order valence-electron chi connectivity index (χ2n) is 9.06. The summed E-state index contributed by atoms with van der Waals surface area (Å²) < 4.78 is 49.1. The van der Waals surface area contributed by atoms with Crippen molar-refractivity contribution in [2.24, 2.45) is 0 Å². The first-order valence-electron chi connectivity index (χ1n) is 11.6. The number of methoxy groups -OCH3 is 1. The van der Waals surface area contributed by atoms with Crippen LogP contribution in [0.5, 0.6) is 5.75 Å². The molecule has 1 aromatic carbocycles. The van der Waals surface area contributed by atoms with Crippen LogP contribution in [0.1, 0.15) is 25.3 Å². The fourth-order valence-electron chi connectivity index (χ4n) is 4.61. The number of alkyl halides is 3. The van der Waals surface area contributed by atoms with E-state index in [0.717, 1.165) is 25.2 Å². The number of allylic oxidation sites excluding steroid dienone is 2. The third-order valence-electron chi connectivity index (χ3n) is 6.80. The molecule has 0 aromatic heterocycles. The van der Waals surface area contributed by atoms with Crippen molar-refractivity contribution in [1.82, 2.24) is 15.1 Å². The Morgan fingerprint density at radius 1 is 1.22 bits per heavy atom. The minimum atomic E-state index is -4.86. The molecule has 36 heavy (non-hydrogen) atoms. The second kappa shape index (κ2) is 12.0. The lowest BCUT2D eigenvalue weighted by atomic mass is 9.72. The van der Waals surface area contributed by atoms with E-state index in [9.17, 15) is 18.0 Å². The molecule has 0 bridgehead atoms. The van der Waals surface area contributed by atoms with Crippen molar-refractivity contribution >= 4 is 34.8 Å². The molecule has 2 fully saturated rings. The summed E-state index contributed by atoms with van der Waals surface area (Å²) in [5.41, 5.74) is -0.845. The van der Waals surface area contributed by atoms with E-state index in [1.165, 1.54) is 6.92 Å². The predicted molar refractivity (Wildman–Crippen MR) is 133 cm³/mol. The van der Waals surface area contributed by atoms with E-state index in [4.69, 9.17) is 38.1 Å². The molecule has 3 rings (SSSR count). The Bertz CT molecular complexity index is 989. The number of rotatable bonds is 8. The van der Waals surface area contributed by atoms with Crippen molar-refractivity contribution in [2.75, 3.05) is 59.6 Å². The Balaban J connectivity index is 1.70. The van der Waals surface area contributed by atoms with Gasteiger partial charge in [-0.1, -0.05) is 29.3 Å². The first-order chi connectivity index (χ1) is 17.0. The number of morpholine rings is 1. The summed E-state index contributed by atoms with van der Waals surface area (Å²) in [5, 5.41) is 9.56. The summed E-state index contributed by atoms with van der Waals surface area (Å²) in [6.07, 6.45) is -3.45. The minimum Gasteiger partial charge on any atom is -0.495 e. The van der Waals surface area contributed by atoms with Gasteiger partial charge in [-0.05, 0) is 37.5 Å². The van der Waals surface area contributed by atoms with Crippen LogP contribution < -0.4 is 10.1 Å². The van der Waals surface area contributed by atoms with Gasteiger partial charge in [0.1, 0.15) is 5.75 Å². The second-order valence-corrected chi connectivity index (χ2v) is 9.85. The van der Waals surface area contributed by atoms with Gasteiger partial charge in [-0.2, -0.15) is 13.2 Å². The van der Waals surface area contributed by atoms with Crippen molar-refractivity contribution in [3.8, 4) is 5.75 Å². The first-order valence-corrected chi connectivity index (χ1v) is 12.4. The fourth-order valence-corrected chi connectivity index (χ4v) is 4.98. The van der Waals surface area contributed by atoms with E-state index in [2.05, 4.69) is 10.2 Å². The largest absolute Gasteiger partial charge is 0.495 e. The lowest BCUT2D eigenvalue weighted by Crippen LogP contribution is -2.53. The van der Waals surface area contributed by atoms with E-state index in [1.807, 2.05) is 18.2 Å². The number of halogens is 5. The SMILES string of the molecule is COc1cc(C2(CN3CCOCC3)CCN(C(=O)CN/C(C)=C(/Cl)C(=N)C(F)(F)F)CC2)ccc1Cl. The number of nitrogens with zero attached hydrogens (tertiary/aromatic N) is 2. The van der Waals surface area contributed by atoms with Gasteiger partial charge in [0, 0.05) is 43.8 Å². The Morgan fingerprint density at radius 3 is 2.44 bits per heavy atom. The maximum absolute atomic E-state index is 12.8. The predicted octanol–water partition coefficient (Wildman–Crippen LogP) is 4.18. The van der Waals surface area contributed by atoms with Crippen LogP contribution in [0.25, 0.3) is 0 Å². The van der Waals surface area contributed by atoms with Crippen molar-refractivity contribution in [2.45, 2.75) is 31.4 Å². The van der Waals surface area contributed by atoms with Crippen LogP contribution in [0.4, 0.5) is 13.2 Å². The normalized spacial score (nSPS) is 19.5. The molecule has 1 aromatic rings. The third kappa shape index (κ3) is 6.85. The molecule has 2 heterocycles. The lowest BCUT2D eigenvalue weighted by Gasteiger charge is -2.45. The third-order valence-corrected chi connectivity index (χ3v) is 7.59. The quantitative estimate of drug-likeness (QED) is 0.475. The van der Waals surface area contributed by atoms with Crippen molar-refractivity contribution in [3.05, 3.63) is 39.5 Å². The van der Waals surface area contributed by atoms with Gasteiger partial charge in [-0.15, -0.1) is 0 Å². The van der Waals surface area contributed by atoms with Crippen molar-refractivity contribution in [1.29, 1.82) is 5.41 Å². The van der Waals surface area contributed by atoms with Crippen LogP contribution in [-0.4, -0.2) is 87.2 Å². The van der Waals surface area contributed by atoms with E-state index in [1.54, 1.807) is 12.0 Å². The molecular weight excluding hydrogens is 520 g/mol. The monoisotopic (exact) mass is 550 g/mol. The zero-order valence-electron chi connectivity index (χ0n) is 20.3. The molecule has 7 nitrogen and oxygen atoms in total. The number of benzene rings is 1. The summed E-state index contributed by atoms with van der Waals surface area (Å²) in [4.78, 5) is 16.9. The van der Waals surface area contributed by atoms with Gasteiger partial charge in [-0.25, -0.2) is 0 Å². The van der Waals surface area contributed by atoms with Crippen molar-refractivity contribution < 1.29 is 27.4 Å². The highest BCUT2D eigenvalue weighted by atomic mass is 35.5. The number of nitrogens with one attached hydrogen (secondary N) is 2. The van der Waals surface area contributed by atoms with Crippen LogP contribution in [0.2, 0.25) is 5.02 Å². The maximum atomic E-state index is 12.8. The topological polar surface area (TPSA) is 77.9 Å². The standard InChI is InChI=1S/C24H31Cl2F3N4O3/c1-16(21(26)22(30)24(27,28)29)31-14-20(34)33-7-5-23(6-8-33,15-32-9-11-36-12-10-32)17-3-4-18(25)19(13-17)35-2/h3-4,13,30-31H,5-12,14-15H2,1-2H3/b21-16+,30-22?. The molecule has 2 aliphatic heterocycles. The minimum absolute atomic E-state index is 0.0701. The summed E-state index contributed by atoms with van der Waals surface area (Å²) in [6.45, 7) is 5.91. The number of ether oxygens (including phenoxy) is 2. The van der Waals surface area contributed by atoms with E-state index >= 15 is 0 Å². The molecule has 0 aliphatic carbocycles. The van der Waals surface area contributed by atoms with Crippen LogP contribution in [0, 0.1) is 5.41 Å². The molecule has 0 unspecified atom stereocenters. The molecule has 2 aliphatic rings. The number of piperidine rings is 1. The summed E-state index contributed by atoms with van der Waals surface area (Å²) in [5.74, 6) is 0.354. The number of hydrogen-bond acceptors (Lipinski definition) is 6. The van der Waals surface area contributed by atoms with Gasteiger partial charge in [-0.3, -0.25) is 15.1 Å². The number of hydrogen-bond donors (Lipinski definition) is 2. The van der Waals surface area contributed by atoms with Crippen molar-refractivity contribution in [3.63, 3.8) is 0 Å². The fraction of sp³-hybridized carbons (Fsp3) is 0.583. The zero-order valence-corrected chi connectivity index (χ0v) is 21.8. The Kier molecular flexibility index (Phi) is 9.54.